The molecule has 0 spiro atoms. The van der Waals surface area contributed by atoms with Gasteiger partial charge in [-0.15, -0.1) is 0 Å². The van der Waals surface area contributed by atoms with Gasteiger partial charge in [0.05, 0.1) is 17.7 Å². The number of carbonyl (C=O) groups excluding carboxylic acids is 2. The van der Waals surface area contributed by atoms with Crippen molar-refractivity contribution in [2.45, 2.75) is 37.2 Å². The lowest BCUT2D eigenvalue weighted by Crippen LogP contribution is -2.53. The summed E-state index contributed by atoms with van der Waals surface area (Å²) in [6, 6.07) is 30.0. The number of rotatable bonds is 14. The van der Waals surface area contributed by atoms with E-state index in [9.17, 15) is 18.0 Å². The van der Waals surface area contributed by atoms with Crippen LogP contribution in [-0.2, 0) is 32.6 Å². The van der Waals surface area contributed by atoms with Crippen molar-refractivity contribution >= 4 is 39.1 Å². The summed E-state index contributed by atoms with van der Waals surface area (Å²) in [5, 5.41) is 3.47. The molecule has 0 bridgehead atoms. The molecule has 0 aliphatic carbocycles. The van der Waals surface area contributed by atoms with Gasteiger partial charge in [0.2, 0.25) is 11.8 Å². The van der Waals surface area contributed by atoms with Crippen LogP contribution in [-0.4, -0.2) is 51.4 Å². The predicted octanol–water partition coefficient (Wildman–Crippen LogP) is 5.71. The number of hydrogen-bond acceptors (Lipinski definition) is 5. The van der Waals surface area contributed by atoms with E-state index in [1.165, 1.54) is 24.1 Å². The van der Waals surface area contributed by atoms with Crippen LogP contribution in [0.4, 0.5) is 5.69 Å². The first kappa shape index (κ1) is 32.6. The lowest BCUT2D eigenvalue weighted by Gasteiger charge is -2.34. The molecule has 0 radical (unpaired) electrons. The third kappa shape index (κ3) is 8.39. The van der Waals surface area contributed by atoms with Crippen molar-refractivity contribution < 1.29 is 22.7 Å². The summed E-state index contributed by atoms with van der Waals surface area (Å²) in [5.41, 5.74) is 1.85. The minimum atomic E-state index is -4.19. The number of hydrogen-bond donors (Lipinski definition) is 1. The summed E-state index contributed by atoms with van der Waals surface area (Å²) in [7, 11) is -2.71. The zero-order chi connectivity index (χ0) is 31.5. The third-order valence-electron chi connectivity index (χ3n) is 7.04. The van der Waals surface area contributed by atoms with Gasteiger partial charge in [-0.2, -0.15) is 0 Å². The highest BCUT2D eigenvalue weighted by Crippen LogP contribution is 2.28. The van der Waals surface area contributed by atoms with Crippen molar-refractivity contribution in [3.05, 3.63) is 125 Å². The molecule has 0 aromatic heterocycles. The largest absolute Gasteiger partial charge is 0.497 e. The van der Waals surface area contributed by atoms with Gasteiger partial charge >= 0.3 is 0 Å². The topological polar surface area (TPSA) is 96.0 Å². The fraction of sp³-hybridized carbons (Fsp3) is 0.235. The van der Waals surface area contributed by atoms with E-state index < -0.39 is 28.5 Å². The Bertz CT molecular complexity index is 1630. The molecule has 10 heteroatoms. The first-order valence-electron chi connectivity index (χ1n) is 14.3. The van der Waals surface area contributed by atoms with E-state index in [1.807, 2.05) is 37.3 Å². The number of nitrogens with zero attached hydrogens (tertiary/aromatic N) is 2. The van der Waals surface area contributed by atoms with Crippen molar-refractivity contribution in [1.29, 1.82) is 0 Å². The van der Waals surface area contributed by atoms with Crippen LogP contribution in [0, 0.1) is 0 Å². The van der Waals surface area contributed by atoms with Crippen LogP contribution in [0.1, 0.15) is 24.5 Å². The Hall–Kier alpha value is -4.34. The van der Waals surface area contributed by atoms with E-state index >= 15 is 0 Å². The third-order valence-corrected chi connectivity index (χ3v) is 9.08. The molecular weight excluding hydrogens is 598 g/mol. The van der Waals surface area contributed by atoms with Gasteiger partial charge < -0.3 is 15.0 Å². The SMILES string of the molecule is CCCNC(=O)C(Cc1ccccc1)N(Cc1ccc(Cl)cc1)C(=O)CN(c1cccc(OC)c1)S(=O)(=O)c1ccccc1. The van der Waals surface area contributed by atoms with E-state index in [1.54, 1.807) is 66.7 Å². The lowest BCUT2D eigenvalue weighted by molar-refractivity contribution is -0.140. The Morgan fingerprint density at radius 3 is 2.16 bits per heavy atom. The Kier molecular flexibility index (Phi) is 11.4. The van der Waals surface area contributed by atoms with E-state index in [0.717, 1.165) is 15.4 Å². The second-order valence-corrected chi connectivity index (χ2v) is 12.5. The Balaban J connectivity index is 1.79. The van der Waals surface area contributed by atoms with Crippen molar-refractivity contribution in [3.8, 4) is 5.75 Å². The van der Waals surface area contributed by atoms with Gasteiger partial charge in [-0.1, -0.05) is 85.3 Å². The highest BCUT2D eigenvalue weighted by molar-refractivity contribution is 7.92. The highest BCUT2D eigenvalue weighted by atomic mass is 35.5. The summed E-state index contributed by atoms with van der Waals surface area (Å²) >= 11 is 6.13. The number of carbonyl (C=O) groups is 2. The zero-order valence-corrected chi connectivity index (χ0v) is 26.3. The standard InChI is InChI=1S/C34H36ClN3O5S/c1-3-21-36-34(40)32(22-26-11-6-4-7-12-26)37(24-27-17-19-28(35)20-18-27)33(39)25-38(29-13-10-14-30(23-29)43-2)44(41,42)31-15-8-5-9-16-31/h4-20,23,32H,3,21-22,24-25H2,1-2H3,(H,36,40). The second-order valence-electron chi connectivity index (χ2n) is 10.2. The van der Waals surface area contributed by atoms with Gasteiger partial charge in [0.25, 0.3) is 10.0 Å². The van der Waals surface area contributed by atoms with Gasteiger partial charge in [0, 0.05) is 30.6 Å². The van der Waals surface area contributed by atoms with Gasteiger partial charge in [-0.25, -0.2) is 8.42 Å². The summed E-state index contributed by atoms with van der Waals surface area (Å²) < 4.78 is 34.5. The van der Waals surface area contributed by atoms with Crippen molar-refractivity contribution in [2.75, 3.05) is 24.5 Å². The molecule has 44 heavy (non-hydrogen) atoms. The fourth-order valence-corrected chi connectivity index (χ4v) is 6.27. The van der Waals surface area contributed by atoms with E-state index in [0.29, 0.717) is 23.7 Å². The first-order chi connectivity index (χ1) is 21.2. The van der Waals surface area contributed by atoms with Gasteiger partial charge in [0.15, 0.2) is 0 Å². The molecular formula is C34H36ClN3O5S. The van der Waals surface area contributed by atoms with E-state index in [4.69, 9.17) is 16.3 Å². The number of sulfonamides is 1. The second kappa shape index (κ2) is 15.4. The number of halogens is 1. The van der Waals surface area contributed by atoms with Crippen LogP contribution >= 0.6 is 11.6 Å². The average molecular weight is 634 g/mol. The maximum absolute atomic E-state index is 14.4. The lowest BCUT2D eigenvalue weighted by atomic mass is 10.0. The molecule has 2 amide bonds. The molecule has 4 aromatic carbocycles. The van der Waals surface area contributed by atoms with Crippen LogP contribution < -0.4 is 14.4 Å². The Morgan fingerprint density at radius 2 is 1.52 bits per heavy atom. The molecule has 1 N–H and O–H groups in total. The molecule has 4 rings (SSSR count). The number of benzene rings is 4. The zero-order valence-electron chi connectivity index (χ0n) is 24.7. The molecule has 0 saturated heterocycles. The Morgan fingerprint density at radius 1 is 0.864 bits per heavy atom. The van der Waals surface area contributed by atoms with Crippen molar-refractivity contribution in [3.63, 3.8) is 0 Å². The molecule has 230 valence electrons. The smallest absolute Gasteiger partial charge is 0.264 e. The molecule has 0 aliphatic rings. The Labute approximate surface area is 264 Å². The van der Waals surface area contributed by atoms with Crippen LogP contribution in [0.2, 0.25) is 5.02 Å². The molecule has 0 aliphatic heterocycles. The van der Waals surface area contributed by atoms with Crippen LogP contribution in [0.15, 0.2) is 114 Å². The molecule has 8 nitrogen and oxygen atoms in total. The minimum Gasteiger partial charge on any atom is -0.497 e. The van der Waals surface area contributed by atoms with Crippen LogP contribution in [0.3, 0.4) is 0 Å². The number of anilines is 1. The minimum absolute atomic E-state index is 0.0291. The summed E-state index contributed by atoms with van der Waals surface area (Å²) in [4.78, 5) is 29.6. The van der Waals surface area contributed by atoms with E-state index in [-0.39, 0.29) is 29.5 Å². The quantitative estimate of drug-likeness (QED) is 0.192. The summed E-state index contributed by atoms with van der Waals surface area (Å²) in [5.74, 6) is -0.436. The maximum Gasteiger partial charge on any atom is 0.264 e. The van der Waals surface area contributed by atoms with Gasteiger partial charge in [-0.3, -0.25) is 13.9 Å². The van der Waals surface area contributed by atoms with E-state index in [2.05, 4.69) is 5.32 Å². The first-order valence-corrected chi connectivity index (χ1v) is 16.1. The monoisotopic (exact) mass is 633 g/mol. The average Bonchev–Trinajstić information content (AvgIpc) is 3.05. The maximum atomic E-state index is 14.4. The van der Waals surface area contributed by atoms with Gasteiger partial charge in [-0.05, 0) is 53.9 Å². The van der Waals surface area contributed by atoms with Crippen molar-refractivity contribution in [2.24, 2.45) is 0 Å². The van der Waals surface area contributed by atoms with Crippen LogP contribution in [0.5, 0.6) is 5.75 Å². The van der Waals surface area contributed by atoms with Gasteiger partial charge in [0.1, 0.15) is 18.3 Å². The number of methoxy groups -OCH3 is 1. The molecule has 1 atom stereocenters. The summed E-state index contributed by atoms with van der Waals surface area (Å²) in [6.45, 7) is 1.89. The number of nitrogens with one attached hydrogen (secondary N) is 1. The molecule has 0 saturated carbocycles. The molecule has 0 fully saturated rings. The predicted molar refractivity (Wildman–Crippen MR) is 173 cm³/mol. The summed E-state index contributed by atoms with van der Waals surface area (Å²) in [6.07, 6.45) is 0.953. The normalized spacial score (nSPS) is 11.8. The van der Waals surface area contributed by atoms with Crippen LogP contribution in [0.25, 0.3) is 0 Å². The highest BCUT2D eigenvalue weighted by Gasteiger charge is 2.34. The molecule has 4 aromatic rings. The molecule has 1 unspecified atom stereocenters. The number of amides is 2. The number of ether oxygens (including phenoxy) is 1. The van der Waals surface area contributed by atoms with Crippen molar-refractivity contribution in [1.82, 2.24) is 10.2 Å². The fourth-order valence-electron chi connectivity index (χ4n) is 4.72. The molecule has 0 heterocycles.